The molecule has 0 unspecified atom stereocenters. The van der Waals surface area contributed by atoms with Gasteiger partial charge in [0.1, 0.15) is 18.0 Å². The molecular weight excluding hydrogens is 577 g/mol. The Morgan fingerprint density at radius 2 is 1.51 bits per heavy atom. The first-order valence-corrected chi connectivity index (χ1v) is 21.5. The zero-order valence-electron chi connectivity index (χ0n) is 29.5. The highest BCUT2D eigenvalue weighted by atomic mass is 28.4. The quantitative estimate of drug-likeness (QED) is 0.169. The van der Waals surface area contributed by atoms with E-state index in [0.717, 1.165) is 17.7 Å². The van der Waals surface area contributed by atoms with E-state index < -0.39 is 41.1 Å². The third kappa shape index (κ3) is 9.61. The summed E-state index contributed by atoms with van der Waals surface area (Å²) in [5, 5.41) is 22.0. The number of hydrogen-bond acceptors (Lipinski definition) is 7. The molecule has 43 heavy (non-hydrogen) atoms. The van der Waals surface area contributed by atoms with Gasteiger partial charge < -0.3 is 33.3 Å². The summed E-state index contributed by atoms with van der Waals surface area (Å²) in [6.07, 6.45) is -1.30. The molecule has 1 aliphatic rings. The van der Waals surface area contributed by atoms with Crippen molar-refractivity contribution in [3.63, 3.8) is 0 Å². The Morgan fingerprint density at radius 1 is 0.953 bits per heavy atom. The van der Waals surface area contributed by atoms with Crippen molar-refractivity contribution < 1.29 is 33.3 Å². The summed E-state index contributed by atoms with van der Waals surface area (Å²) >= 11 is 0. The lowest BCUT2D eigenvalue weighted by Crippen LogP contribution is -2.52. The molecule has 7 nitrogen and oxygen atoms in total. The maximum Gasteiger partial charge on any atom is 0.200 e. The predicted octanol–water partition coefficient (Wildman–Crippen LogP) is 7.70. The minimum absolute atomic E-state index is 0.00956. The van der Waals surface area contributed by atoms with Crippen LogP contribution in [0.15, 0.2) is 24.3 Å². The van der Waals surface area contributed by atoms with Crippen LogP contribution in [0.25, 0.3) is 0 Å². The van der Waals surface area contributed by atoms with E-state index in [1.807, 2.05) is 24.3 Å². The van der Waals surface area contributed by atoms with E-state index in [1.165, 1.54) is 0 Å². The molecule has 0 saturated carbocycles. The second-order valence-corrected chi connectivity index (χ2v) is 25.3. The fourth-order valence-corrected chi connectivity index (χ4v) is 13.4. The van der Waals surface area contributed by atoms with Crippen molar-refractivity contribution in [2.24, 2.45) is 5.92 Å². The maximum atomic E-state index is 11.9. The smallest absolute Gasteiger partial charge is 0.200 e. The normalized spacial score (nSPS) is 22.4. The zero-order chi connectivity index (χ0) is 32.8. The summed E-state index contributed by atoms with van der Waals surface area (Å²) in [5.74, 6) is 0.847. The van der Waals surface area contributed by atoms with Gasteiger partial charge in [-0.15, -0.1) is 0 Å². The van der Waals surface area contributed by atoms with Crippen LogP contribution in [0.2, 0.25) is 34.8 Å². The molecule has 1 saturated heterocycles. The standard InChI is InChI=1S/C34H64O7Si2/c1-23(2)43(24(3)4,25(5)6)39-19-18-26(7)33(41-42(12,13)34(8,9)10)32(36)30-20-29(31(21-35)40-30)38-22-27-14-16-28(37-11)17-15-27/h14-17,23-26,29-33,35-36H,18-22H2,1-13H3/t26-,29-,30+,31-,32-,33-/m1/s1. The van der Waals surface area contributed by atoms with Gasteiger partial charge in [-0.2, -0.15) is 0 Å². The van der Waals surface area contributed by atoms with Crippen LogP contribution in [0.5, 0.6) is 5.75 Å². The van der Waals surface area contributed by atoms with Crippen LogP contribution in [0.1, 0.15) is 87.6 Å². The Kier molecular flexibility index (Phi) is 14.4. The molecule has 9 heteroatoms. The predicted molar refractivity (Wildman–Crippen MR) is 181 cm³/mol. The van der Waals surface area contributed by atoms with E-state index in [4.69, 9.17) is 23.1 Å². The number of aliphatic hydroxyl groups excluding tert-OH is 2. The van der Waals surface area contributed by atoms with E-state index in [9.17, 15) is 10.2 Å². The SMILES string of the molecule is COc1ccc(CO[C@@H]2C[C@@H]([C@@H](O)[C@H](O[Si](C)(C)C(C)(C)C)[C@H](C)CCO[Si](C(C)C)(C(C)C)C(C)C)O[C@@H]2CO)cc1. The van der Waals surface area contributed by atoms with Gasteiger partial charge in [-0.1, -0.05) is 81.4 Å². The Labute approximate surface area is 265 Å². The van der Waals surface area contributed by atoms with Gasteiger partial charge >= 0.3 is 0 Å². The molecule has 1 aliphatic heterocycles. The number of benzene rings is 1. The molecule has 0 aromatic heterocycles. The van der Waals surface area contributed by atoms with Gasteiger partial charge in [0.05, 0.1) is 38.6 Å². The highest BCUT2D eigenvalue weighted by molar-refractivity contribution is 6.77. The average molecular weight is 641 g/mol. The monoisotopic (exact) mass is 640 g/mol. The van der Waals surface area contributed by atoms with Gasteiger partial charge in [0.2, 0.25) is 0 Å². The van der Waals surface area contributed by atoms with Gasteiger partial charge in [-0.05, 0) is 64.8 Å². The molecule has 0 bridgehead atoms. The molecular formula is C34H64O7Si2. The molecule has 0 radical (unpaired) electrons. The fourth-order valence-electron chi connectivity index (χ4n) is 6.57. The van der Waals surface area contributed by atoms with Crippen LogP contribution in [0.4, 0.5) is 0 Å². The first kappa shape index (κ1) is 38.4. The van der Waals surface area contributed by atoms with Crippen molar-refractivity contribution in [2.75, 3.05) is 20.3 Å². The van der Waals surface area contributed by atoms with Gasteiger partial charge in [0, 0.05) is 13.0 Å². The fraction of sp³-hybridized carbons (Fsp3) is 0.824. The van der Waals surface area contributed by atoms with Crippen molar-refractivity contribution in [3.05, 3.63) is 29.8 Å². The molecule has 1 heterocycles. The maximum absolute atomic E-state index is 11.9. The Morgan fingerprint density at radius 3 is 1.98 bits per heavy atom. The number of rotatable bonds is 17. The van der Waals surface area contributed by atoms with E-state index in [-0.39, 0.29) is 23.7 Å². The highest BCUT2D eigenvalue weighted by Gasteiger charge is 2.48. The molecule has 250 valence electrons. The Hall–Kier alpha value is -0.786. The van der Waals surface area contributed by atoms with Crippen molar-refractivity contribution in [1.29, 1.82) is 0 Å². The summed E-state index contributed by atoms with van der Waals surface area (Å²) in [4.78, 5) is 0. The topological polar surface area (TPSA) is 86.6 Å². The summed E-state index contributed by atoms with van der Waals surface area (Å²) in [6.45, 7) is 28.1. The van der Waals surface area contributed by atoms with E-state index in [1.54, 1.807) is 7.11 Å². The third-order valence-corrected chi connectivity index (χ3v) is 20.8. The van der Waals surface area contributed by atoms with Crippen LogP contribution < -0.4 is 4.74 Å². The van der Waals surface area contributed by atoms with Crippen molar-refractivity contribution in [2.45, 2.75) is 154 Å². The minimum Gasteiger partial charge on any atom is -0.497 e. The zero-order valence-corrected chi connectivity index (χ0v) is 31.5. The van der Waals surface area contributed by atoms with Crippen molar-refractivity contribution >= 4 is 16.6 Å². The number of aliphatic hydroxyl groups is 2. The highest BCUT2D eigenvalue weighted by Crippen LogP contribution is 2.43. The largest absolute Gasteiger partial charge is 0.497 e. The molecule has 2 rings (SSSR count). The first-order valence-electron chi connectivity index (χ1n) is 16.4. The van der Waals surface area contributed by atoms with Gasteiger partial charge in [0.25, 0.3) is 0 Å². The van der Waals surface area contributed by atoms with E-state index in [0.29, 0.717) is 36.3 Å². The summed E-state index contributed by atoms with van der Waals surface area (Å²) in [7, 11) is -2.57. The van der Waals surface area contributed by atoms with Crippen LogP contribution in [-0.2, 0) is 24.9 Å². The third-order valence-electron chi connectivity index (χ3n) is 10.2. The van der Waals surface area contributed by atoms with Crippen molar-refractivity contribution in [1.82, 2.24) is 0 Å². The van der Waals surface area contributed by atoms with Crippen LogP contribution in [0.3, 0.4) is 0 Å². The second kappa shape index (κ2) is 16.2. The lowest BCUT2D eigenvalue weighted by Gasteiger charge is -2.44. The molecule has 0 spiro atoms. The summed E-state index contributed by atoms with van der Waals surface area (Å²) in [5.41, 5.74) is 2.57. The minimum atomic E-state index is -2.22. The lowest BCUT2D eigenvalue weighted by molar-refractivity contribution is -0.109. The Bertz CT molecular complexity index is 923. The molecule has 6 atom stereocenters. The summed E-state index contributed by atoms with van der Waals surface area (Å²) in [6, 6.07) is 7.75. The van der Waals surface area contributed by atoms with Gasteiger partial charge in [0.15, 0.2) is 16.6 Å². The van der Waals surface area contributed by atoms with E-state index >= 15 is 0 Å². The van der Waals surface area contributed by atoms with E-state index in [2.05, 4.69) is 82.3 Å². The van der Waals surface area contributed by atoms with Crippen LogP contribution >= 0.6 is 0 Å². The van der Waals surface area contributed by atoms with Gasteiger partial charge in [-0.25, -0.2) is 0 Å². The van der Waals surface area contributed by atoms with Crippen LogP contribution in [-0.4, -0.2) is 77.7 Å². The van der Waals surface area contributed by atoms with Gasteiger partial charge in [-0.3, -0.25) is 0 Å². The number of methoxy groups -OCH3 is 1. The summed E-state index contributed by atoms with van der Waals surface area (Å²) < 4.78 is 31.6. The Balaban J connectivity index is 2.20. The molecule has 1 aromatic rings. The molecule has 1 fully saturated rings. The second-order valence-electron chi connectivity index (χ2n) is 15.1. The van der Waals surface area contributed by atoms with Crippen molar-refractivity contribution in [3.8, 4) is 5.75 Å². The molecule has 2 N–H and O–H groups in total. The molecule has 0 aliphatic carbocycles. The average Bonchev–Trinajstić information content (AvgIpc) is 3.34. The lowest BCUT2D eigenvalue weighted by atomic mass is 9.92. The number of ether oxygens (including phenoxy) is 3. The molecule has 1 aromatic carbocycles. The molecule has 0 amide bonds. The van der Waals surface area contributed by atoms with Crippen LogP contribution in [0, 0.1) is 5.92 Å². The first-order chi connectivity index (χ1) is 19.9. The number of hydrogen-bond donors (Lipinski definition) is 2.